The summed E-state index contributed by atoms with van der Waals surface area (Å²) in [5.74, 6) is -0.00804. The van der Waals surface area contributed by atoms with Crippen LogP contribution in [0, 0.1) is 5.82 Å². The van der Waals surface area contributed by atoms with Gasteiger partial charge in [-0.3, -0.25) is 9.59 Å². The smallest absolute Gasteiger partial charge is 0.249 e. The second-order valence-electron chi connectivity index (χ2n) is 5.82. The summed E-state index contributed by atoms with van der Waals surface area (Å²) in [7, 11) is 0. The average molecular weight is 365 g/mol. The molecule has 1 aliphatic heterocycles. The molecule has 1 atom stereocenters. The Bertz CT molecular complexity index is 761. The number of aromatic nitrogens is 1. The highest BCUT2D eigenvalue weighted by atomic mass is 32.2. The zero-order valence-electron chi connectivity index (χ0n) is 13.2. The van der Waals surface area contributed by atoms with Gasteiger partial charge in [-0.25, -0.2) is 9.37 Å². The maximum atomic E-state index is 13.0. The Hall–Kier alpha value is -1.93. The van der Waals surface area contributed by atoms with Gasteiger partial charge in [0.15, 0.2) is 5.13 Å². The molecule has 126 valence electrons. The maximum absolute atomic E-state index is 13.0. The molecule has 24 heavy (non-hydrogen) atoms. The number of hydrogen-bond donors (Lipinski definition) is 1. The third-order valence-electron chi connectivity index (χ3n) is 3.84. The van der Waals surface area contributed by atoms with Gasteiger partial charge in [-0.2, -0.15) is 0 Å². The van der Waals surface area contributed by atoms with E-state index in [4.69, 9.17) is 0 Å². The number of amides is 2. The fourth-order valence-corrected chi connectivity index (χ4v) is 4.41. The summed E-state index contributed by atoms with van der Waals surface area (Å²) in [6.07, 6.45) is 0.718. The normalized spacial score (nSPS) is 19.3. The van der Waals surface area contributed by atoms with Gasteiger partial charge in [-0.05, 0) is 38.1 Å². The number of thioether (sulfide) groups is 1. The first-order valence-corrected chi connectivity index (χ1v) is 9.17. The van der Waals surface area contributed by atoms with Gasteiger partial charge in [0.2, 0.25) is 12.3 Å². The Morgan fingerprint density at radius 3 is 2.79 bits per heavy atom. The van der Waals surface area contributed by atoms with Crippen LogP contribution in [0.5, 0.6) is 0 Å². The second-order valence-corrected chi connectivity index (χ2v) is 8.30. The van der Waals surface area contributed by atoms with Crippen molar-refractivity contribution >= 4 is 40.5 Å². The molecule has 0 bridgehead atoms. The van der Waals surface area contributed by atoms with Gasteiger partial charge < -0.3 is 10.2 Å². The van der Waals surface area contributed by atoms with E-state index < -0.39 is 10.9 Å². The molecule has 1 aromatic heterocycles. The topological polar surface area (TPSA) is 62.3 Å². The van der Waals surface area contributed by atoms with Gasteiger partial charge in [0.1, 0.15) is 11.9 Å². The van der Waals surface area contributed by atoms with Crippen molar-refractivity contribution in [3.63, 3.8) is 0 Å². The van der Waals surface area contributed by atoms with E-state index in [1.54, 1.807) is 29.3 Å². The molecule has 5 nitrogen and oxygen atoms in total. The minimum Gasteiger partial charge on any atom is -0.318 e. The van der Waals surface area contributed by atoms with Gasteiger partial charge in [-0.1, -0.05) is 0 Å². The molecule has 3 rings (SSSR count). The molecule has 0 radical (unpaired) electrons. The van der Waals surface area contributed by atoms with Crippen molar-refractivity contribution < 1.29 is 14.0 Å². The van der Waals surface area contributed by atoms with Crippen LogP contribution >= 0.6 is 23.1 Å². The molecule has 0 unspecified atom stereocenters. The lowest BCUT2D eigenvalue weighted by molar-refractivity contribution is -0.130. The van der Waals surface area contributed by atoms with E-state index >= 15 is 0 Å². The molecule has 2 heterocycles. The summed E-state index contributed by atoms with van der Waals surface area (Å²) in [6.45, 7) is 3.82. The van der Waals surface area contributed by atoms with Crippen molar-refractivity contribution in [1.29, 1.82) is 0 Å². The fraction of sp³-hybridized carbons (Fsp3) is 0.312. The van der Waals surface area contributed by atoms with E-state index in [0.29, 0.717) is 16.6 Å². The molecular formula is C16H16FN3O2S2. The highest BCUT2D eigenvalue weighted by molar-refractivity contribution is 8.00. The number of halogens is 1. The lowest BCUT2D eigenvalue weighted by Gasteiger charge is -2.29. The van der Waals surface area contributed by atoms with E-state index in [9.17, 15) is 14.0 Å². The van der Waals surface area contributed by atoms with E-state index in [1.165, 1.54) is 28.4 Å². The standard InChI is InChI=1S/C16H16FN3O2S2/c1-16(2)20(9-21)13(8-24-16)14(22)19-15-18-12(7-23-15)10-3-5-11(17)6-4-10/h3-7,9,13H,8H2,1-2H3,(H,18,19,22)/t13-/m0/s1. The van der Waals surface area contributed by atoms with Gasteiger partial charge in [0.05, 0.1) is 10.6 Å². The van der Waals surface area contributed by atoms with Crippen LogP contribution in [-0.4, -0.2) is 38.9 Å². The van der Waals surface area contributed by atoms with Crippen molar-refractivity contribution in [2.75, 3.05) is 11.1 Å². The number of benzene rings is 1. The first-order chi connectivity index (χ1) is 11.4. The maximum Gasteiger partial charge on any atom is 0.249 e. The van der Waals surface area contributed by atoms with Gasteiger partial charge in [0, 0.05) is 16.7 Å². The predicted octanol–water partition coefficient (Wildman–Crippen LogP) is 3.20. The van der Waals surface area contributed by atoms with Crippen LogP contribution in [0.1, 0.15) is 13.8 Å². The molecule has 0 saturated carbocycles. The lowest BCUT2D eigenvalue weighted by Crippen LogP contribution is -2.47. The number of anilines is 1. The minimum atomic E-state index is -0.513. The van der Waals surface area contributed by atoms with Crippen LogP contribution in [0.2, 0.25) is 0 Å². The second kappa shape index (κ2) is 6.52. The Balaban J connectivity index is 1.72. The molecule has 0 spiro atoms. The predicted molar refractivity (Wildman–Crippen MR) is 94.4 cm³/mol. The first kappa shape index (κ1) is 16.9. The number of nitrogens with zero attached hydrogens (tertiary/aromatic N) is 2. The summed E-state index contributed by atoms with van der Waals surface area (Å²) in [4.78, 5) is 29.2. The van der Waals surface area contributed by atoms with Crippen LogP contribution in [0.4, 0.5) is 9.52 Å². The van der Waals surface area contributed by atoms with Crippen molar-refractivity contribution in [3.05, 3.63) is 35.5 Å². The highest BCUT2D eigenvalue weighted by Gasteiger charge is 2.43. The van der Waals surface area contributed by atoms with Crippen molar-refractivity contribution in [3.8, 4) is 11.3 Å². The third kappa shape index (κ3) is 3.29. The zero-order chi connectivity index (χ0) is 17.3. The zero-order valence-corrected chi connectivity index (χ0v) is 14.8. The summed E-state index contributed by atoms with van der Waals surface area (Å²) in [5.41, 5.74) is 1.45. The largest absolute Gasteiger partial charge is 0.318 e. The molecule has 1 saturated heterocycles. The van der Waals surface area contributed by atoms with Crippen LogP contribution in [0.3, 0.4) is 0 Å². The lowest BCUT2D eigenvalue weighted by atomic mass is 10.2. The molecule has 1 aliphatic rings. The SMILES string of the molecule is CC1(C)SC[C@@H](C(=O)Nc2nc(-c3ccc(F)cc3)cs2)N1C=O. The molecular weight excluding hydrogens is 349 g/mol. The quantitative estimate of drug-likeness (QED) is 0.845. The minimum absolute atomic E-state index is 0.250. The molecule has 1 fully saturated rings. The summed E-state index contributed by atoms with van der Waals surface area (Å²) in [5, 5.41) is 5.03. The third-order valence-corrected chi connectivity index (χ3v) is 6.00. The Labute approximate surface area is 147 Å². The number of carbonyl (C=O) groups is 2. The van der Waals surface area contributed by atoms with Crippen LogP contribution in [0.15, 0.2) is 29.6 Å². The Morgan fingerprint density at radius 2 is 2.12 bits per heavy atom. The molecule has 1 aromatic carbocycles. The molecule has 2 aromatic rings. The fourth-order valence-electron chi connectivity index (χ4n) is 2.49. The molecule has 1 N–H and O–H groups in total. The van der Waals surface area contributed by atoms with Crippen molar-refractivity contribution in [2.45, 2.75) is 24.8 Å². The summed E-state index contributed by atoms with van der Waals surface area (Å²) < 4.78 is 13.0. The number of nitrogens with one attached hydrogen (secondary N) is 1. The van der Waals surface area contributed by atoms with E-state index in [1.807, 2.05) is 13.8 Å². The Kier molecular flexibility index (Phi) is 4.60. The Morgan fingerprint density at radius 1 is 1.42 bits per heavy atom. The van der Waals surface area contributed by atoms with E-state index in [0.717, 1.165) is 12.0 Å². The first-order valence-electron chi connectivity index (χ1n) is 7.31. The summed E-state index contributed by atoms with van der Waals surface area (Å²) in [6, 6.07) is 5.50. The average Bonchev–Trinajstić information content (AvgIpc) is 3.11. The van der Waals surface area contributed by atoms with Gasteiger partial charge >= 0.3 is 0 Å². The highest BCUT2D eigenvalue weighted by Crippen LogP contribution is 2.38. The van der Waals surface area contributed by atoms with E-state index in [-0.39, 0.29) is 11.7 Å². The van der Waals surface area contributed by atoms with Gasteiger partial charge in [-0.15, -0.1) is 23.1 Å². The molecule has 0 aliphatic carbocycles. The van der Waals surface area contributed by atoms with E-state index in [2.05, 4.69) is 10.3 Å². The number of rotatable bonds is 4. The van der Waals surface area contributed by atoms with Crippen LogP contribution < -0.4 is 5.32 Å². The summed E-state index contributed by atoms with van der Waals surface area (Å²) >= 11 is 2.86. The molecule has 2 amide bonds. The number of carbonyl (C=O) groups excluding carboxylic acids is 2. The van der Waals surface area contributed by atoms with Crippen molar-refractivity contribution in [1.82, 2.24) is 9.88 Å². The van der Waals surface area contributed by atoms with Gasteiger partial charge in [0.25, 0.3) is 0 Å². The molecule has 8 heteroatoms. The van der Waals surface area contributed by atoms with Crippen LogP contribution in [-0.2, 0) is 9.59 Å². The van der Waals surface area contributed by atoms with Crippen LogP contribution in [0.25, 0.3) is 11.3 Å². The van der Waals surface area contributed by atoms with Crippen molar-refractivity contribution in [2.24, 2.45) is 0 Å². The number of thiazole rings is 1. The monoisotopic (exact) mass is 365 g/mol. The number of hydrogen-bond acceptors (Lipinski definition) is 5.